The number of nitriles is 1. The summed E-state index contributed by atoms with van der Waals surface area (Å²) in [6, 6.07) is 18.7. The highest BCUT2D eigenvalue weighted by Crippen LogP contribution is 2.50. The van der Waals surface area contributed by atoms with Crippen molar-refractivity contribution in [1.29, 1.82) is 5.26 Å². The average molecular weight is 598 g/mol. The van der Waals surface area contributed by atoms with E-state index in [-0.39, 0.29) is 52.8 Å². The third-order valence-electron chi connectivity index (χ3n) is 5.78. The Hall–Kier alpha value is -3.81. The monoisotopic (exact) mass is 597 g/mol. The molecule has 0 fully saturated rings. The predicted molar refractivity (Wildman–Crippen MR) is 157 cm³/mol. The molecule has 0 radical (unpaired) electrons. The molecule has 3 aromatic rings. The van der Waals surface area contributed by atoms with E-state index in [1.807, 2.05) is 24.3 Å². The second-order valence-corrected chi connectivity index (χ2v) is 11.4. The first kappa shape index (κ1) is 31.7. The quantitative estimate of drug-likeness (QED) is 0.181. The topological polar surface area (TPSA) is 140 Å². The molecular formula is C29H32N3O7PS. The zero-order valence-corrected chi connectivity index (χ0v) is 24.9. The predicted octanol–water partition coefficient (Wildman–Crippen LogP) is 6.33. The standard InChI is InChI=1S/C29H32N3O7PS/c1-5-37-40(35,38-6-2)25-26(41)22(17-30)24(21-15-11-8-12-16-21)39-28(25)32-27(33)23(19(3)4)31-29(34)36-18-20-13-9-7-10-14-20/h7-16,19,23H,5-6,18H2,1-4H3,(H,31,34)(H,32,33)/t23-/m0/s1. The Bertz CT molecular complexity index is 1490. The number of rotatable bonds is 12. The van der Waals surface area contributed by atoms with Crippen molar-refractivity contribution in [3.05, 3.63) is 76.3 Å². The summed E-state index contributed by atoms with van der Waals surface area (Å²) in [4.78, 5) is 26.1. The zero-order valence-electron chi connectivity index (χ0n) is 23.2. The smallest absolute Gasteiger partial charge is 0.408 e. The molecule has 0 saturated carbocycles. The van der Waals surface area contributed by atoms with E-state index in [1.165, 1.54) is 0 Å². The van der Waals surface area contributed by atoms with Crippen molar-refractivity contribution in [2.75, 3.05) is 18.5 Å². The number of nitrogens with zero attached hydrogens (tertiary/aromatic N) is 1. The number of alkyl carbamates (subject to hydrolysis) is 1. The molecule has 0 unspecified atom stereocenters. The van der Waals surface area contributed by atoms with Crippen molar-refractivity contribution < 1.29 is 32.4 Å². The maximum atomic E-state index is 13.9. The molecule has 0 aliphatic rings. The lowest BCUT2D eigenvalue weighted by Crippen LogP contribution is -2.47. The number of hydrogen-bond acceptors (Lipinski definition) is 9. The van der Waals surface area contributed by atoms with Crippen LogP contribution in [0.2, 0.25) is 0 Å². The Kier molecular flexibility index (Phi) is 11.4. The van der Waals surface area contributed by atoms with Crippen LogP contribution in [0.3, 0.4) is 0 Å². The molecule has 2 amide bonds. The van der Waals surface area contributed by atoms with Gasteiger partial charge in [0.15, 0.2) is 5.76 Å². The number of amides is 2. The summed E-state index contributed by atoms with van der Waals surface area (Å²) in [6.07, 6.45) is -0.803. The number of ether oxygens (including phenoxy) is 1. The van der Waals surface area contributed by atoms with E-state index >= 15 is 0 Å². The van der Waals surface area contributed by atoms with Crippen LogP contribution >= 0.6 is 19.8 Å². The second-order valence-electron chi connectivity index (χ2n) is 9.04. The van der Waals surface area contributed by atoms with E-state index in [1.54, 1.807) is 70.2 Å². The molecule has 0 spiro atoms. The highest BCUT2D eigenvalue weighted by molar-refractivity contribution is 7.73. The largest absolute Gasteiger partial charge is 0.445 e. The van der Waals surface area contributed by atoms with Gasteiger partial charge < -0.3 is 23.5 Å². The van der Waals surface area contributed by atoms with Crippen LogP contribution in [0, 0.1) is 21.8 Å². The Labute approximate surface area is 244 Å². The summed E-state index contributed by atoms with van der Waals surface area (Å²) in [7, 11) is -4.16. The molecular weight excluding hydrogens is 565 g/mol. The first-order valence-corrected chi connectivity index (χ1v) is 14.9. The van der Waals surface area contributed by atoms with Gasteiger partial charge in [-0.2, -0.15) is 5.26 Å². The van der Waals surface area contributed by atoms with Gasteiger partial charge in [-0.05, 0) is 25.3 Å². The van der Waals surface area contributed by atoms with E-state index in [0.29, 0.717) is 5.56 Å². The van der Waals surface area contributed by atoms with Gasteiger partial charge in [0.1, 0.15) is 29.6 Å². The lowest BCUT2D eigenvalue weighted by atomic mass is 10.0. The van der Waals surface area contributed by atoms with Crippen LogP contribution < -0.4 is 15.9 Å². The number of carbonyl (C=O) groups excluding carboxylic acids is 2. The van der Waals surface area contributed by atoms with Crippen molar-refractivity contribution in [3.63, 3.8) is 0 Å². The van der Waals surface area contributed by atoms with E-state index in [4.69, 9.17) is 30.4 Å². The van der Waals surface area contributed by atoms with Gasteiger partial charge in [-0.1, -0.05) is 86.7 Å². The molecule has 41 heavy (non-hydrogen) atoms. The number of anilines is 1. The molecule has 12 heteroatoms. The summed E-state index contributed by atoms with van der Waals surface area (Å²) in [5.41, 5.74) is 1.22. The van der Waals surface area contributed by atoms with Gasteiger partial charge in [-0.3, -0.25) is 14.7 Å². The molecule has 1 heterocycles. The Morgan fingerprint density at radius 2 is 1.61 bits per heavy atom. The van der Waals surface area contributed by atoms with Gasteiger partial charge in [-0.15, -0.1) is 0 Å². The zero-order chi connectivity index (χ0) is 30.0. The van der Waals surface area contributed by atoms with Crippen LogP contribution in [0.4, 0.5) is 10.7 Å². The SMILES string of the molecule is CCOP(=O)(OCC)c1c(NC(=O)[C@@H](NC(=O)OCc2ccccc2)C(C)C)oc(-c2ccccc2)c(C#N)c1=S. The highest BCUT2D eigenvalue weighted by atomic mass is 32.1. The minimum Gasteiger partial charge on any atom is -0.445 e. The third-order valence-corrected chi connectivity index (χ3v) is 8.51. The molecule has 0 aliphatic heterocycles. The fraction of sp³-hybridized carbons (Fsp3) is 0.310. The summed E-state index contributed by atoms with van der Waals surface area (Å²) in [5, 5.41) is 14.9. The van der Waals surface area contributed by atoms with Gasteiger partial charge in [0.25, 0.3) is 0 Å². The Balaban J connectivity index is 2.04. The Morgan fingerprint density at radius 3 is 2.15 bits per heavy atom. The van der Waals surface area contributed by atoms with Gasteiger partial charge in [0, 0.05) is 5.56 Å². The van der Waals surface area contributed by atoms with Crippen LogP contribution in [-0.2, 0) is 29.8 Å². The molecule has 3 rings (SSSR count). The molecule has 216 valence electrons. The van der Waals surface area contributed by atoms with Gasteiger partial charge in [0.2, 0.25) is 11.8 Å². The van der Waals surface area contributed by atoms with E-state index in [9.17, 15) is 19.4 Å². The first-order valence-electron chi connectivity index (χ1n) is 13.0. The summed E-state index contributed by atoms with van der Waals surface area (Å²) >= 11 is 5.61. The summed E-state index contributed by atoms with van der Waals surface area (Å²) in [5.74, 6) is -1.33. The fourth-order valence-electron chi connectivity index (χ4n) is 3.88. The third kappa shape index (κ3) is 7.90. The van der Waals surface area contributed by atoms with E-state index in [2.05, 4.69) is 10.6 Å². The number of nitrogens with one attached hydrogen (secondary N) is 2. The van der Waals surface area contributed by atoms with E-state index in [0.717, 1.165) is 5.56 Å². The van der Waals surface area contributed by atoms with Crippen LogP contribution in [0.25, 0.3) is 11.3 Å². The average Bonchev–Trinajstić information content (AvgIpc) is 2.95. The van der Waals surface area contributed by atoms with Crippen molar-refractivity contribution >= 4 is 43.0 Å². The van der Waals surface area contributed by atoms with Crippen molar-refractivity contribution in [2.45, 2.75) is 40.3 Å². The molecule has 0 saturated heterocycles. The van der Waals surface area contributed by atoms with Crippen molar-refractivity contribution in [3.8, 4) is 17.4 Å². The highest BCUT2D eigenvalue weighted by Gasteiger charge is 2.37. The summed E-state index contributed by atoms with van der Waals surface area (Å²) in [6.45, 7) is 6.70. The molecule has 0 aliphatic carbocycles. The molecule has 1 aromatic heterocycles. The van der Waals surface area contributed by atoms with Crippen LogP contribution in [0.5, 0.6) is 0 Å². The first-order chi connectivity index (χ1) is 19.6. The molecule has 10 nitrogen and oxygen atoms in total. The van der Waals surface area contributed by atoms with Crippen LogP contribution in [0.15, 0.2) is 65.1 Å². The van der Waals surface area contributed by atoms with E-state index < -0.39 is 25.6 Å². The number of benzene rings is 2. The van der Waals surface area contributed by atoms with Gasteiger partial charge in [-0.25, -0.2) is 4.79 Å². The Morgan fingerprint density at radius 1 is 1.02 bits per heavy atom. The van der Waals surface area contributed by atoms with Gasteiger partial charge in [0.05, 0.1) is 17.7 Å². The maximum Gasteiger partial charge on any atom is 0.408 e. The minimum atomic E-state index is -4.16. The molecule has 2 N–H and O–H groups in total. The van der Waals surface area contributed by atoms with Crippen LogP contribution in [-0.4, -0.2) is 31.3 Å². The number of hydrogen-bond donors (Lipinski definition) is 2. The van der Waals surface area contributed by atoms with Crippen molar-refractivity contribution in [1.82, 2.24) is 5.32 Å². The number of carbonyl (C=O) groups is 2. The van der Waals surface area contributed by atoms with Gasteiger partial charge >= 0.3 is 13.7 Å². The molecule has 1 atom stereocenters. The normalized spacial score (nSPS) is 11.9. The fourth-order valence-corrected chi connectivity index (χ4v) is 6.17. The second kappa shape index (κ2) is 14.7. The molecule has 0 bridgehead atoms. The lowest BCUT2D eigenvalue weighted by Gasteiger charge is -2.24. The maximum absolute atomic E-state index is 13.9. The summed E-state index contributed by atoms with van der Waals surface area (Å²) < 4.78 is 36.1. The van der Waals surface area contributed by atoms with Crippen molar-refractivity contribution in [2.24, 2.45) is 5.92 Å². The lowest BCUT2D eigenvalue weighted by molar-refractivity contribution is -0.119. The van der Waals surface area contributed by atoms with Crippen LogP contribution in [0.1, 0.15) is 38.8 Å². The minimum absolute atomic E-state index is 0.00874. The molecule has 2 aromatic carbocycles.